The first-order valence-corrected chi connectivity index (χ1v) is 6.00. The molecule has 2 aromatic heterocycles. The van der Waals surface area contributed by atoms with Crippen LogP contribution in [0.1, 0.15) is 23.6 Å². The van der Waals surface area contributed by atoms with Crippen LogP contribution in [-0.2, 0) is 32.4 Å². The first-order chi connectivity index (χ1) is 10.5. The standard InChI is InChI=1S/C10H12N6O6/c1-5-13-15-7(19-5)3-11-21-9(17)10(18)22-12-4-8-16-14-6(2)20-8/h11-12H,3-4H2,1-2H3. The number of nitrogens with zero attached hydrogens (tertiary/aromatic N) is 4. The van der Waals surface area contributed by atoms with E-state index in [1.54, 1.807) is 13.8 Å². The van der Waals surface area contributed by atoms with E-state index in [1.165, 1.54) is 0 Å². The predicted octanol–water partition coefficient (Wildman–Crippen LogP) is -1.13. The van der Waals surface area contributed by atoms with Crippen molar-refractivity contribution < 1.29 is 28.1 Å². The molecule has 0 bridgehead atoms. The molecule has 12 heteroatoms. The van der Waals surface area contributed by atoms with Gasteiger partial charge < -0.3 is 18.5 Å². The lowest BCUT2D eigenvalue weighted by Gasteiger charge is -2.04. The molecular weight excluding hydrogens is 300 g/mol. The van der Waals surface area contributed by atoms with Gasteiger partial charge in [0, 0.05) is 13.8 Å². The van der Waals surface area contributed by atoms with Crippen LogP contribution in [0, 0.1) is 13.8 Å². The second-order valence-corrected chi connectivity index (χ2v) is 3.85. The molecule has 2 aromatic rings. The van der Waals surface area contributed by atoms with Gasteiger partial charge in [-0.05, 0) is 0 Å². The van der Waals surface area contributed by atoms with E-state index in [9.17, 15) is 9.59 Å². The molecule has 0 aliphatic heterocycles. The Balaban J connectivity index is 1.63. The Labute approximate surface area is 123 Å². The van der Waals surface area contributed by atoms with Gasteiger partial charge in [0.25, 0.3) is 0 Å². The quantitative estimate of drug-likeness (QED) is 0.489. The molecule has 0 fully saturated rings. The number of hydrogen-bond acceptors (Lipinski definition) is 12. The number of carbonyl (C=O) groups excluding carboxylic acids is 2. The number of hydrogen-bond donors (Lipinski definition) is 2. The maximum Gasteiger partial charge on any atom is 0.437 e. The van der Waals surface area contributed by atoms with E-state index < -0.39 is 11.9 Å². The Morgan fingerprint density at radius 3 is 1.59 bits per heavy atom. The molecule has 2 heterocycles. The maximum atomic E-state index is 11.3. The van der Waals surface area contributed by atoms with Gasteiger partial charge in [0.05, 0.1) is 0 Å². The third kappa shape index (κ3) is 4.60. The average Bonchev–Trinajstić information content (AvgIpc) is 3.07. The fraction of sp³-hybridized carbons (Fsp3) is 0.400. The van der Waals surface area contributed by atoms with Crippen molar-refractivity contribution in [1.29, 1.82) is 0 Å². The number of aromatic nitrogens is 4. The van der Waals surface area contributed by atoms with E-state index >= 15 is 0 Å². The van der Waals surface area contributed by atoms with Crippen LogP contribution >= 0.6 is 0 Å². The first kappa shape index (κ1) is 15.5. The summed E-state index contributed by atoms with van der Waals surface area (Å²) < 4.78 is 10.0. The summed E-state index contributed by atoms with van der Waals surface area (Å²) in [5.74, 6) is -1.39. The lowest BCUT2D eigenvalue weighted by atomic mass is 10.7. The molecule has 0 saturated heterocycles. The number of nitrogens with one attached hydrogen (secondary N) is 2. The summed E-state index contributed by atoms with van der Waals surface area (Å²) in [6.45, 7) is 3.12. The minimum Gasteiger partial charge on any atom is -0.424 e. The van der Waals surface area contributed by atoms with Gasteiger partial charge in [-0.3, -0.25) is 0 Å². The summed E-state index contributed by atoms with van der Waals surface area (Å²) >= 11 is 0. The minimum absolute atomic E-state index is 0.0471. The smallest absolute Gasteiger partial charge is 0.424 e. The normalized spacial score (nSPS) is 10.5. The van der Waals surface area contributed by atoms with Crippen LogP contribution in [0.25, 0.3) is 0 Å². The molecule has 0 saturated carbocycles. The predicted molar refractivity (Wildman–Crippen MR) is 63.9 cm³/mol. The van der Waals surface area contributed by atoms with E-state index in [2.05, 4.69) is 41.0 Å². The maximum absolute atomic E-state index is 11.3. The van der Waals surface area contributed by atoms with Crippen LogP contribution in [0.3, 0.4) is 0 Å². The first-order valence-electron chi connectivity index (χ1n) is 6.00. The van der Waals surface area contributed by atoms with Crippen LogP contribution in [0.15, 0.2) is 8.83 Å². The van der Waals surface area contributed by atoms with Crippen LogP contribution < -0.4 is 11.0 Å². The molecular formula is C10H12N6O6. The number of hydroxylamine groups is 2. The molecule has 0 radical (unpaired) electrons. The Morgan fingerprint density at radius 1 is 0.864 bits per heavy atom. The SMILES string of the molecule is Cc1nnc(CNOC(=O)C(=O)ONCc2nnc(C)o2)o1. The van der Waals surface area contributed by atoms with Crippen molar-refractivity contribution in [3.8, 4) is 0 Å². The van der Waals surface area contributed by atoms with Crippen molar-refractivity contribution in [3.05, 3.63) is 23.6 Å². The lowest BCUT2D eigenvalue weighted by molar-refractivity contribution is -0.177. The van der Waals surface area contributed by atoms with Crippen molar-refractivity contribution in [2.75, 3.05) is 0 Å². The summed E-state index contributed by atoms with van der Waals surface area (Å²) in [5, 5.41) is 14.4. The molecule has 0 amide bonds. The third-order valence-electron chi connectivity index (χ3n) is 2.08. The zero-order valence-corrected chi connectivity index (χ0v) is 11.7. The molecule has 0 aliphatic rings. The molecule has 0 aromatic carbocycles. The number of carbonyl (C=O) groups is 2. The highest BCUT2D eigenvalue weighted by atomic mass is 16.7. The van der Waals surface area contributed by atoms with Gasteiger partial charge in [-0.1, -0.05) is 0 Å². The Hall–Kier alpha value is -2.86. The van der Waals surface area contributed by atoms with Crippen molar-refractivity contribution in [2.45, 2.75) is 26.9 Å². The van der Waals surface area contributed by atoms with E-state index in [1.807, 2.05) is 0 Å². The van der Waals surface area contributed by atoms with Crippen molar-refractivity contribution in [1.82, 2.24) is 31.4 Å². The number of aryl methyl sites for hydroxylation is 2. The van der Waals surface area contributed by atoms with E-state index in [0.29, 0.717) is 11.8 Å². The molecule has 0 atom stereocenters. The Morgan fingerprint density at radius 2 is 1.27 bits per heavy atom. The van der Waals surface area contributed by atoms with Gasteiger partial charge in [0.15, 0.2) is 0 Å². The topological polar surface area (TPSA) is 154 Å². The molecule has 0 aliphatic carbocycles. The molecule has 22 heavy (non-hydrogen) atoms. The zero-order chi connectivity index (χ0) is 15.9. The molecule has 118 valence electrons. The van der Waals surface area contributed by atoms with E-state index in [-0.39, 0.29) is 24.9 Å². The van der Waals surface area contributed by atoms with Crippen LogP contribution in [0.2, 0.25) is 0 Å². The molecule has 0 unspecified atom stereocenters. The number of rotatable bonds is 6. The van der Waals surface area contributed by atoms with Crippen LogP contribution in [0.4, 0.5) is 0 Å². The second-order valence-electron chi connectivity index (χ2n) is 3.85. The van der Waals surface area contributed by atoms with Gasteiger partial charge in [0.1, 0.15) is 13.1 Å². The van der Waals surface area contributed by atoms with E-state index in [0.717, 1.165) is 0 Å². The summed E-state index contributed by atoms with van der Waals surface area (Å²) in [5.41, 5.74) is 4.38. The fourth-order valence-electron chi connectivity index (χ4n) is 1.23. The van der Waals surface area contributed by atoms with Crippen LogP contribution in [0.5, 0.6) is 0 Å². The van der Waals surface area contributed by atoms with Crippen molar-refractivity contribution in [3.63, 3.8) is 0 Å². The third-order valence-corrected chi connectivity index (χ3v) is 2.08. The monoisotopic (exact) mass is 312 g/mol. The lowest BCUT2D eigenvalue weighted by Crippen LogP contribution is -2.31. The highest BCUT2D eigenvalue weighted by Gasteiger charge is 2.19. The van der Waals surface area contributed by atoms with E-state index in [4.69, 9.17) is 8.83 Å². The highest BCUT2D eigenvalue weighted by molar-refractivity contribution is 6.29. The summed E-state index contributed by atoms with van der Waals surface area (Å²) in [4.78, 5) is 31.4. The average molecular weight is 312 g/mol. The molecule has 2 N–H and O–H groups in total. The zero-order valence-electron chi connectivity index (χ0n) is 11.7. The summed E-state index contributed by atoms with van der Waals surface area (Å²) in [7, 11) is 0. The fourth-order valence-corrected chi connectivity index (χ4v) is 1.23. The van der Waals surface area contributed by atoms with Gasteiger partial charge in [-0.2, -0.15) is 0 Å². The van der Waals surface area contributed by atoms with Gasteiger partial charge >= 0.3 is 11.9 Å². The molecule has 2 rings (SSSR count). The van der Waals surface area contributed by atoms with Gasteiger partial charge in [-0.15, -0.1) is 31.4 Å². The molecule has 0 spiro atoms. The largest absolute Gasteiger partial charge is 0.437 e. The van der Waals surface area contributed by atoms with Gasteiger partial charge in [0.2, 0.25) is 23.6 Å². The van der Waals surface area contributed by atoms with Gasteiger partial charge in [-0.25, -0.2) is 9.59 Å². The summed E-state index contributed by atoms with van der Waals surface area (Å²) in [6, 6.07) is 0. The summed E-state index contributed by atoms with van der Waals surface area (Å²) in [6.07, 6.45) is 0. The minimum atomic E-state index is -1.26. The van der Waals surface area contributed by atoms with Crippen LogP contribution in [-0.4, -0.2) is 32.3 Å². The Kier molecular flexibility index (Phi) is 5.11. The highest BCUT2D eigenvalue weighted by Crippen LogP contribution is 1.97. The molecule has 12 nitrogen and oxygen atoms in total. The van der Waals surface area contributed by atoms with Crippen molar-refractivity contribution >= 4 is 11.9 Å². The van der Waals surface area contributed by atoms with Crippen molar-refractivity contribution in [2.24, 2.45) is 0 Å². The second kappa shape index (κ2) is 7.24. The Bertz CT molecular complexity index is 596.